The second-order valence-electron chi connectivity index (χ2n) is 5.48. The quantitative estimate of drug-likeness (QED) is 0.775. The van der Waals surface area contributed by atoms with E-state index < -0.39 is 12.1 Å². The molecule has 23 heavy (non-hydrogen) atoms. The molecule has 0 radical (unpaired) electrons. The second kappa shape index (κ2) is 6.83. The maximum Gasteiger partial charge on any atom is 0.471 e. The molecule has 0 N–H and O–H groups in total. The van der Waals surface area contributed by atoms with E-state index in [1.54, 1.807) is 25.1 Å². The summed E-state index contributed by atoms with van der Waals surface area (Å²) < 4.78 is 43.4. The van der Waals surface area contributed by atoms with Crippen LogP contribution in [-0.2, 0) is 11.2 Å². The molecule has 3 nitrogen and oxygen atoms in total. The molecule has 7 heteroatoms. The zero-order valence-corrected chi connectivity index (χ0v) is 13.4. The Morgan fingerprint density at radius 3 is 2.83 bits per heavy atom. The largest absolute Gasteiger partial charge is 0.488 e. The summed E-state index contributed by atoms with van der Waals surface area (Å²) in [5, 5.41) is 0.396. The molecule has 1 aliphatic heterocycles. The van der Waals surface area contributed by atoms with Crippen molar-refractivity contribution in [2.24, 2.45) is 0 Å². The lowest BCUT2D eigenvalue weighted by Gasteiger charge is -2.24. The SMILES string of the molecule is C=CCOc1cc2c(cc1Cl)C(C)CN(C(=O)C(F)(F)F)CC2. The third-order valence-electron chi connectivity index (χ3n) is 3.76. The van der Waals surface area contributed by atoms with E-state index in [0.717, 1.165) is 16.0 Å². The number of fused-ring (bicyclic) bond motifs is 1. The smallest absolute Gasteiger partial charge is 0.471 e. The summed E-state index contributed by atoms with van der Waals surface area (Å²) in [4.78, 5) is 12.3. The van der Waals surface area contributed by atoms with Gasteiger partial charge in [0.1, 0.15) is 12.4 Å². The fourth-order valence-electron chi connectivity index (χ4n) is 2.68. The first-order valence-electron chi connectivity index (χ1n) is 7.16. The van der Waals surface area contributed by atoms with Gasteiger partial charge in [0.2, 0.25) is 0 Å². The highest BCUT2D eigenvalue weighted by Gasteiger charge is 2.43. The topological polar surface area (TPSA) is 29.5 Å². The monoisotopic (exact) mass is 347 g/mol. The van der Waals surface area contributed by atoms with Crippen molar-refractivity contribution in [3.8, 4) is 5.75 Å². The molecule has 2 rings (SSSR count). The molecule has 1 aromatic rings. The maximum absolute atomic E-state index is 12.6. The number of nitrogens with zero attached hydrogens (tertiary/aromatic N) is 1. The molecule has 0 aliphatic carbocycles. The van der Waals surface area contributed by atoms with Crippen molar-refractivity contribution in [2.75, 3.05) is 19.7 Å². The van der Waals surface area contributed by atoms with Crippen LogP contribution in [0.15, 0.2) is 24.8 Å². The lowest BCUT2D eigenvalue weighted by Crippen LogP contribution is -2.42. The first-order chi connectivity index (χ1) is 10.7. The number of hydrogen-bond acceptors (Lipinski definition) is 2. The van der Waals surface area contributed by atoms with Crippen LogP contribution < -0.4 is 4.74 Å². The third-order valence-corrected chi connectivity index (χ3v) is 4.05. The minimum atomic E-state index is -4.86. The zero-order chi connectivity index (χ0) is 17.2. The molecule has 1 atom stereocenters. The van der Waals surface area contributed by atoms with Crippen LogP contribution in [0.2, 0.25) is 5.02 Å². The lowest BCUT2D eigenvalue weighted by molar-refractivity contribution is -0.185. The van der Waals surface area contributed by atoms with Crippen molar-refractivity contribution in [1.29, 1.82) is 0 Å². The van der Waals surface area contributed by atoms with Crippen molar-refractivity contribution in [1.82, 2.24) is 4.90 Å². The summed E-state index contributed by atoms with van der Waals surface area (Å²) in [5.74, 6) is -1.58. The minimum absolute atomic E-state index is 0.00847. The van der Waals surface area contributed by atoms with E-state index >= 15 is 0 Å². The van der Waals surface area contributed by atoms with Gasteiger partial charge < -0.3 is 9.64 Å². The van der Waals surface area contributed by atoms with Gasteiger partial charge in [-0.15, -0.1) is 0 Å². The number of hydrogen-bond donors (Lipinski definition) is 0. The molecule has 0 saturated heterocycles. The van der Waals surface area contributed by atoms with E-state index in [4.69, 9.17) is 16.3 Å². The van der Waals surface area contributed by atoms with Crippen LogP contribution >= 0.6 is 11.6 Å². The molecule has 0 fully saturated rings. The van der Waals surface area contributed by atoms with Crippen LogP contribution in [0.5, 0.6) is 5.75 Å². The van der Waals surface area contributed by atoms with Gasteiger partial charge in [-0.25, -0.2) is 0 Å². The fourth-order valence-corrected chi connectivity index (χ4v) is 2.91. The Labute approximate surface area is 137 Å². The predicted octanol–water partition coefficient (Wildman–Crippen LogP) is 3.96. The van der Waals surface area contributed by atoms with Crippen LogP contribution in [0.25, 0.3) is 0 Å². The highest BCUT2D eigenvalue weighted by Crippen LogP contribution is 2.35. The summed E-state index contributed by atoms with van der Waals surface area (Å²) in [5.41, 5.74) is 1.69. The second-order valence-corrected chi connectivity index (χ2v) is 5.89. The Balaban J connectivity index is 2.27. The van der Waals surface area contributed by atoms with Crippen molar-refractivity contribution in [2.45, 2.75) is 25.4 Å². The average Bonchev–Trinajstić information content (AvgIpc) is 2.63. The van der Waals surface area contributed by atoms with Gasteiger partial charge in [-0.05, 0) is 35.6 Å². The molecule has 1 unspecified atom stereocenters. The first kappa shape index (κ1) is 17.7. The van der Waals surface area contributed by atoms with Crippen molar-refractivity contribution in [3.05, 3.63) is 40.9 Å². The molecular weight excluding hydrogens is 331 g/mol. The molecule has 1 aliphatic rings. The standard InChI is InChI=1S/C16H17ClF3NO2/c1-3-6-23-14-7-11-4-5-21(15(22)16(18,19)20)9-10(2)12(11)8-13(14)17/h3,7-8,10H,1,4-6,9H2,2H3. The van der Waals surface area contributed by atoms with Gasteiger partial charge in [-0.2, -0.15) is 13.2 Å². The molecule has 1 heterocycles. The van der Waals surface area contributed by atoms with E-state index in [2.05, 4.69) is 6.58 Å². The Hall–Kier alpha value is -1.69. The fraction of sp³-hybridized carbons (Fsp3) is 0.438. The lowest BCUT2D eigenvalue weighted by atomic mass is 9.95. The van der Waals surface area contributed by atoms with Gasteiger partial charge in [-0.3, -0.25) is 4.79 Å². The van der Waals surface area contributed by atoms with Crippen LogP contribution in [0.3, 0.4) is 0 Å². The van der Waals surface area contributed by atoms with E-state index in [1.165, 1.54) is 0 Å². The summed E-state index contributed by atoms with van der Waals surface area (Å²) in [6, 6.07) is 3.45. The zero-order valence-electron chi connectivity index (χ0n) is 12.6. The highest BCUT2D eigenvalue weighted by atomic mass is 35.5. The third kappa shape index (κ3) is 3.99. The van der Waals surface area contributed by atoms with Crippen LogP contribution in [0, 0.1) is 0 Å². The van der Waals surface area contributed by atoms with Crippen molar-refractivity contribution in [3.63, 3.8) is 0 Å². The van der Waals surface area contributed by atoms with Gasteiger partial charge in [0.25, 0.3) is 0 Å². The van der Waals surface area contributed by atoms with Crippen molar-refractivity contribution >= 4 is 17.5 Å². The number of ether oxygens (including phenoxy) is 1. The van der Waals surface area contributed by atoms with E-state index in [9.17, 15) is 18.0 Å². The minimum Gasteiger partial charge on any atom is -0.488 e. The van der Waals surface area contributed by atoms with Crippen molar-refractivity contribution < 1.29 is 22.7 Å². The molecule has 0 spiro atoms. The Bertz CT molecular complexity index is 616. The van der Waals surface area contributed by atoms with Gasteiger partial charge >= 0.3 is 12.1 Å². The molecule has 0 bridgehead atoms. The van der Waals surface area contributed by atoms with E-state index in [0.29, 0.717) is 17.2 Å². The number of carbonyl (C=O) groups excluding carboxylic acids is 1. The van der Waals surface area contributed by atoms with Gasteiger partial charge in [0.15, 0.2) is 0 Å². The Morgan fingerprint density at radius 2 is 2.22 bits per heavy atom. The summed E-state index contributed by atoms with van der Waals surface area (Å²) in [6.07, 6.45) is -2.95. The predicted molar refractivity (Wildman–Crippen MR) is 81.9 cm³/mol. The van der Waals surface area contributed by atoms with E-state index in [1.807, 2.05) is 0 Å². The molecule has 0 aromatic heterocycles. The van der Waals surface area contributed by atoms with Gasteiger partial charge in [0.05, 0.1) is 5.02 Å². The maximum atomic E-state index is 12.6. The van der Waals surface area contributed by atoms with Gasteiger partial charge in [0, 0.05) is 13.1 Å². The van der Waals surface area contributed by atoms with Crippen LogP contribution in [0.4, 0.5) is 13.2 Å². The number of rotatable bonds is 3. The van der Waals surface area contributed by atoms with E-state index in [-0.39, 0.29) is 25.6 Å². The number of amides is 1. The van der Waals surface area contributed by atoms with Crippen LogP contribution in [-0.4, -0.2) is 36.7 Å². The Morgan fingerprint density at radius 1 is 1.52 bits per heavy atom. The normalized spacial score (nSPS) is 18.1. The highest BCUT2D eigenvalue weighted by molar-refractivity contribution is 6.32. The molecule has 126 valence electrons. The molecule has 1 amide bonds. The summed E-state index contributed by atoms with van der Waals surface area (Å²) in [6.45, 7) is 5.64. The number of halogens is 4. The molecular formula is C16H17ClF3NO2. The summed E-state index contributed by atoms with van der Waals surface area (Å²) in [7, 11) is 0. The average molecular weight is 348 g/mol. The molecule has 0 saturated carbocycles. The number of benzene rings is 1. The van der Waals surface area contributed by atoms with Crippen LogP contribution in [0.1, 0.15) is 24.0 Å². The summed E-state index contributed by atoms with van der Waals surface area (Å²) >= 11 is 6.17. The number of carbonyl (C=O) groups is 1. The Kier molecular flexibility index (Phi) is 5.24. The van der Waals surface area contributed by atoms with Gasteiger partial charge in [-0.1, -0.05) is 31.2 Å². The first-order valence-corrected chi connectivity index (χ1v) is 7.54. The molecule has 1 aromatic carbocycles. The number of alkyl halides is 3.